The Labute approximate surface area is 146 Å². The summed E-state index contributed by atoms with van der Waals surface area (Å²) in [5, 5.41) is 11.6. The van der Waals surface area contributed by atoms with Crippen molar-refractivity contribution >= 4 is 0 Å². The summed E-state index contributed by atoms with van der Waals surface area (Å²) in [6, 6.07) is 3.88. The standard InChI is InChI=1S/C18H22N6O/c1-12-16(13(2)25-23-12)11-24-8-4-6-15(10-24)18-20-17(21-22-18)14-5-3-7-19-9-14/h3,5,7,9,15H,4,6,8,10-11H2,1-2H3,(H,20,21,22)/t15-/m0/s1. The summed E-state index contributed by atoms with van der Waals surface area (Å²) >= 11 is 0. The quantitative estimate of drug-likeness (QED) is 0.787. The van der Waals surface area contributed by atoms with E-state index in [0.717, 1.165) is 55.3 Å². The molecule has 1 aliphatic rings. The molecule has 0 spiro atoms. The van der Waals surface area contributed by atoms with Crippen LogP contribution >= 0.6 is 0 Å². The molecule has 7 nitrogen and oxygen atoms in total. The number of nitrogens with zero attached hydrogens (tertiary/aromatic N) is 5. The second kappa shape index (κ2) is 6.76. The summed E-state index contributed by atoms with van der Waals surface area (Å²) in [6.45, 7) is 6.91. The van der Waals surface area contributed by atoms with Gasteiger partial charge in [0, 0.05) is 42.5 Å². The van der Waals surface area contributed by atoms with Gasteiger partial charge in [0.05, 0.1) is 5.69 Å². The van der Waals surface area contributed by atoms with Crippen molar-refractivity contribution in [3.05, 3.63) is 47.4 Å². The van der Waals surface area contributed by atoms with Crippen molar-refractivity contribution in [2.24, 2.45) is 0 Å². The molecule has 1 N–H and O–H groups in total. The molecule has 130 valence electrons. The molecule has 1 fully saturated rings. The molecule has 7 heteroatoms. The Bertz CT molecular complexity index is 821. The molecule has 4 heterocycles. The number of hydrogen-bond donors (Lipinski definition) is 1. The smallest absolute Gasteiger partial charge is 0.182 e. The molecule has 1 atom stereocenters. The predicted octanol–water partition coefficient (Wildman–Crippen LogP) is 2.85. The Morgan fingerprint density at radius 1 is 1.36 bits per heavy atom. The first-order valence-electron chi connectivity index (χ1n) is 8.67. The van der Waals surface area contributed by atoms with Crippen LogP contribution in [0.4, 0.5) is 0 Å². The lowest BCUT2D eigenvalue weighted by Crippen LogP contribution is -2.34. The predicted molar refractivity (Wildman–Crippen MR) is 92.8 cm³/mol. The van der Waals surface area contributed by atoms with E-state index in [1.165, 1.54) is 5.56 Å². The highest BCUT2D eigenvalue weighted by Crippen LogP contribution is 2.27. The van der Waals surface area contributed by atoms with Crippen LogP contribution in [0.1, 0.15) is 41.6 Å². The number of pyridine rings is 1. The van der Waals surface area contributed by atoms with Crippen LogP contribution in [0.5, 0.6) is 0 Å². The van der Waals surface area contributed by atoms with Crippen molar-refractivity contribution in [2.75, 3.05) is 13.1 Å². The SMILES string of the molecule is Cc1noc(C)c1CN1CCC[C@H](c2nc(-c3cccnc3)n[nH]2)C1. The number of aromatic amines is 1. The van der Waals surface area contributed by atoms with Gasteiger partial charge in [-0.2, -0.15) is 5.10 Å². The van der Waals surface area contributed by atoms with Crippen molar-refractivity contribution in [3.63, 3.8) is 0 Å². The first kappa shape index (κ1) is 16.0. The van der Waals surface area contributed by atoms with Gasteiger partial charge in [0.15, 0.2) is 5.82 Å². The number of aryl methyl sites for hydroxylation is 2. The number of hydrogen-bond acceptors (Lipinski definition) is 6. The van der Waals surface area contributed by atoms with Crippen LogP contribution < -0.4 is 0 Å². The molecule has 3 aromatic heterocycles. The van der Waals surface area contributed by atoms with Crippen LogP contribution in [0.3, 0.4) is 0 Å². The van der Waals surface area contributed by atoms with Crippen LogP contribution in [0.15, 0.2) is 29.0 Å². The van der Waals surface area contributed by atoms with E-state index in [4.69, 9.17) is 9.51 Å². The van der Waals surface area contributed by atoms with E-state index in [1.54, 1.807) is 12.4 Å². The third kappa shape index (κ3) is 3.32. The Balaban J connectivity index is 1.47. The average molecular weight is 338 g/mol. The second-order valence-corrected chi connectivity index (χ2v) is 6.66. The summed E-state index contributed by atoms with van der Waals surface area (Å²) in [7, 11) is 0. The van der Waals surface area contributed by atoms with E-state index in [0.29, 0.717) is 11.7 Å². The minimum atomic E-state index is 0.368. The highest BCUT2D eigenvalue weighted by molar-refractivity contribution is 5.52. The zero-order chi connectivity index (χ0) is 17.2. The monoisotopic (exact) mass is 338 g/mol. The van der Waals surface area contributed by atoms with Gasteiger partial charge < -0.3 is 4.52 Å². The maximum Gasteiger partial charge on any atom is 0.182 e. The van der Waals surface area contributed by atoms with Crippen molar-refractivity contribution in [1.29, 1.82) is 0 Å². The third-order valence-electron chi connectivity index (χ3n) is 4.88. The lowest BCUT2D eigenvalue weighted by molar-refractivity contribution is 0.195. The molecule has 0 amide bonds. The molecule has 0 radical (unpaired) electrons. The van der Waals surface area contributed by atoms with Crippen LogP contribution in [-0.2, 0) is 6.54 Å². The maximum atomic E-state index is 5.29. The number of likely N-dealkylation sites (tertiary alicyclic amines) is 1. The Morgan fingerprint density at radius 3 is 3.04 bits per heavy atom. The molecule has 0 saturated carbocycles. The molecule has 1 saturated heterocycles. The van der Waals surface area contributed by atoms with Crippen LogP contribution in [0.25, 0.3) is 11.4 Å². The fourth-order valence-electron chi connectivity index (χ4n) is 3.45. The number of nitrogens with one attached hydrogen (secondary N) is 1. The first-order chi connectivity index (χ1) is 12.2. The van der Waals surface area contributed by atoms with Gasteiger partial charge in [0.2, 0.25) is 0 Å². The maximum absolute atomic E-state index is 5.29. The molecule has 1 aliphatic heterocycles. The average Bonchev–Trinajstić information content (AvgIpc) is 3.26. The molecule has 25 heavy (non-hydrogen) atoms. The lowest BCUT2D eigenvalue weighted by Gasteiger charge is -2.31. The van der Waals surface area contributed by atoms with Gasteiger partial charge in [-0.25, -0.2) is 4.98 Å². The number of piperidine rings is 1. The summed E-state index contributed by atoms with van der Waals surface area (Å²) < 4.78 is 5.29. The van der Waals surface area contributed by atoms with Crippen LogP contribution in [0.2, 0.25) is 0 Å². The van der Waals surface area contributed by atoms with Crippen molar-refractivity contribution in [3.8, 4) is 11.4 Å². The van der Waals surface area contributed by atoms with E-state index >= 15 is 0 Å². The van der Waals surface area contributed by atoms with Gasteiger partial charge in [-0.3, -0.25) is 15.0 Å². The van der Waals surface area contributed by atoms with Crippen molar-refractivity contribution < 1.29 is 4.52 Å². The highest BCUT2D eigenvalue weighted by atomic mass is 16.5. The van der Waals surface area contributed by atoms with E-state index in [-0.39, 0.29) is 0 Å². The third-order valence-corrected chi connectivity index (χ3v) is 4.88. The fourth-order valence-corrected chi connectivity index (χ4v) is 3.45. The molecule has 0 bridgehead atoms. The summed E-state index contributed by atoms with van der Waals surface area (Å²) in [5.74, 6) is 2.96. The normalized spacial score (nSPS) is 18.6. The Kier molecular flexibility index (Phi) is 4.31. The van der Waals surface area contributed by atoms with Crippen molar-refractivity contribution in [2.45, 2.75) is 39.2 Å². The minimum absolute atomic E-state index is 0.368. The van der Waals surface area contributed by atoms with E-state index < -0.39 is 0 Å². The van der Waals surface area contributed by atoms with Gasteiger partial charge in [0.25, 0.3) is 0 Å². The molecule has 3 aromatic rings. The molecular weight excluding hydrogens is 316 g/mol. The van der Waals surface area contributed by atoms with E-state index in [9.17, 15) is 0 Å². The van der Waals surface area contributed by atoms with Gasteiger partial charge in [-0.15, -0.1) is 0 Å². The first-order valence-corrected chi connectivity index (χ1v) is 8.67. The summed E-state index contributed by atoms with van der Waals surface area (Å²) in [4.78, 5) is 11.3. The van der Waals surface area contributed by atoms with Crippen molar-refractivity contribution in [1.82, 2.24) is 30.2 Å². The second-order valence-electron chi connectivity index (χ2n) is 6.66. The van der Waals surface area contributed by atoms with Crippen LogP contribution in [-0.4, -0.2) is 43.3 Å². The molecule has 0 aromatic carbocycles. The zero-order valence-corrected chi connectivity index (χ0v) is 14.6. The summed E-state index contributed by atoms with van der Waals surface area (Å²) in [5.41, 5.74) is 3.13. The molecular formula is C18H22N6O. The van der Waals surface area contributed by atoms with Gasteiger partial charge in [0.1, 0.15) is 11.6 Å². The highest BCUT2D eigenvalue weighted by Gasteiger charge is 2.25. The largest absolute Gasteiger partial charge is 0.361 e. The van der Waals surface area contributed by atoms with Gasteiger partial charge >= 0.3 is 0 Å². The van der Waals surface area contributed by atoms with E-state index in [2.05, 4.69) is 25.2 Å². The Hall–Kier alpha value is -2.54. The van der Waals surface area contributed by atoms with Gasteiger partial charge in [-0.1, -0.05) is 5.16 Å². The number of H-pyrrole nitrogens is 1. The molecule has 4 rings (SSSR count). The fraction of sp³-hybridized carbons (Fsp3) is 0.444. The minimum Gasteiger partial charge on any atom is -0.361 e. The van der Waals surface area contributed by atoms with Crippen LogP contribution in [0, 0.1) is 13.8 Å². The lowest BCUT2D eigenvalue weighted by atomic mass is 9.97. The summed E-state index contributed by atoms with van der Waals surface area (Å²) in [6.07, 6.45) is 5.82. The molecule has 0 aliphatic carbocycles. The Morgan fingerprint density at radius 2 is 2.28 bits per heavy atom. The topological polar surface area (TPSA) is 83.7 Å². The van der Waals surface area contributed by atoms with E-state index in [1.807, 2.05) is 26.0 Å². The number of rotatable bonds is 4. The number of aromatic nitrogens is 5. The van der Waals surface area contributed by atoms with Gasteiger partial charge in [-0.05, 0) is 45.4 Å². The zero-order valence-electron chi connectivity index (χ0n) is 14.6. The molecule has 0 unspecified atom stereocenters.